The second-order valence-electron chi connectivity index (χ2n) is 6.80. The molecule has 0 saturated heterocycles. The van der Waals surface area contributed by atoms with Gasteiger partial charge in [-0.15, -0.1) is 0 Å². The summed E-state index contributed by atoms with van der Waals surface area (Å²) >= 11 is 0. The van der Waals surface area contributed by atoms with Crippen LogP contribution in [0.2, 0.25) is 0 Å². The molecule has 0 fully saturated rings. The van der Waals surface area contributed by atoms with E-state index in [4.69, 9.17) is 9.47 Å². The highest BCUT2D eigenvalue weighted by atomic mass is 16.6. The van der Waals surface area contributed by atoms with E-state index < -0.39 is 12.2 Å². The number of unbranched alkanes of at least 4 members (excludes halogenated alkanes) is 1. The lowest BCUT2D eigenvalue weighted by atomic mass is 10.1. The van der Waals surface area contributed by atoms with Crippen LogP contribution >= 0.6 is 0 Å². The minimum atomic E-state index is -0.413. The van der Waals surface area contributed by atoms with Crippen LogP contribution in [0.25, 0.3) is 0 Å². The minimum Gasteiger partial charge on any atom is -0.445 e. The maximum Gasteiger partial charge on any atom is 0.407 e. The molecule has 2 aromatic carbocycles. The van der Waals surface area contributed by atoms with E-state index in [1.165, 1.54) is 0 Å². The van der Waals surface area contributed by atoms with Crippen LogP contribution in [0.1, 0.15) is 43.7 Å². The Kier molecular flexibility index (Phi) is 10.1. The second-order valence-corrected chi connectivity index (χ2v) is 6.80. The summed E-state index contributed by atoms with van der Waals surface area (Å²) in [6, 6.07) is 19.2. The summed E-state index contributed by atoms with van der Waals surface area (Å²) in [7, 11) is 0. The van der Waals surface area contributed by atoms with Crippen molar-refractivity contribution in [3.63, 3.8) is 0 Å². The van der Waals surface area contributed by atoms with Crippen molar-refractivity contribution in [1.82, 2.24) is 10.6 Å². The molecular weight excluding hydrogens is 368 g/mol. The lowest BCUT2D eigenvalue weighted by molar-refractivity contribution is 0.134. The predicted molar refractivity (Wildman–Crippen MR) is 112 cm³/mol. The van der Waals surface area contributed by atoms with Gasteiger partial charge in [-0.1, -0.05) is 67.6 Å². The van der Waals surface area contributed by atoms with Gasteiger partial charge in [-0.2, -0.15) is 0 Å². The smallest absolute Gasteiger partial charge is 0.407 e. The van der Waals surface area contributed by atoms with Crippen molar-refractivity contribution in [3.8, 4) is 0 Å². The molecule has 6 nitrogen and oxygen atoms in total. The van der Waals surface area contributed by atoms with Crippen molar-refractivity contribution >= 4 is 12.2 Å². The zero-order valence-electron chi connectivity index (χ0n) is 16.9. The first kappa shape index (κ1) is 22.3. The number of hydrogen-bond donors (Lipinski definition) is 2. The predicted octanol–water partition coefficient (Wildman–Crippen LogP) is 4.79. The molecule has 29 heavy (non-hydrogen) atoms. The van der Waals surface area contributed by atoms with Gasteiger partial charge in [-0.3, -0.25) is 0 Å². The Balaban J connectivity index is 1.53. The van der Waals surface area contributed by atoms with Crippen molar-refractivity contribution in [3.05, 3.63) is 71.8 Å². The van der Waals surface area contributed by atoms with Crippen LogP contribution in [-0.2, 0) is 22.7 Å². The van der Waals surface area contributed by atoms with E-state index in [1.807, 2.05) is 67.6 Å². The number of rotatable bonds is 11. The van der Waals surface area contributed by atoms with Gasteiger partial charge < -0.3 is 20.1 Å². The van der Waals surface area contributed by atoms with Crippen molar-refractivity contribution in [1.29, 1.82) is 0 Å². The molecular formula is C23H30N2O4. The minimum absolute atomic E-state index is 0.0586. The van der Waals surface area contributed by atoms with Crippen LogP contribution in [0.15, 0.2) is 60.7 Å². The molecule has 0 aromatic heterocycles. The lowest BCUT2D eigenvalue weighted by Gasteiger charge is -2.17. The Hall–Kier alpha value is -3.02. The van der Waals surface area contributed by atoms with Gasteiger partial charge in [-0.05, 0) is 36.8 Å². The van der Waals surface area contributed by atoms with Crippen molar-refractivity contribution in [2.75, 3.05) is 6.54 Å². The van der Waals surface area contributed by atoms with Gasteiger partial charge in [0.05, 0.1) is 0 Å². The first-order valence-electron chi connectivity index (χ1n) is 10.1. The first-order chi connectivity index (χ1) is 14.2. The number of benzene rings is 2. The van der Waals surface area contributed by atoms with Crippen LogP contribution in [0, 0.1) is 0 Å². The third-order valence-electron chi connectivity index (χ3n) is 4.49. The van der Waals surface area contributed by atoms with E-state index in [2.05, 4.69) is 10.6 Å². The summed E-state index contributed by atoms with van der Waals surface area (Å²) in [5.74, 6) is 0. The summed E-state index contributed by atoms with van der Waals surface area (Å²) in [6.07, 6.45) is 2.55. The molecule has 6 heteroatoms. The van der Waals surface area contributed by atoms with Crippen LogP contribution < -0.4 is 10.6 Å². The summed E-state index contributed by atoms with van der Waals surface area (Å²) in [4.78, 5) is 23.6. The van der Waals surface area contributed by atoms with E-state index in [0.717, 1.165) is 36.8 Å². The van der Waals surface area contributed by atoms with E-state index in [9.17, 15) is 9.59 Å². The number of nitrogens with one attached hydrogen (secondary N) is 2. The molecule has 0 heterocycles. The number of amides is 2. The summed E-state index contributed by atoms with van der Waals surface area (Å²) in [6.45, 7) is 3.10. The molecule has 2 aromatic rings. The maximum absolute atomic E-state index is 11.9. The Morgan fingerprint density at radius 3 is 1.93 bits per heavy atom. The molecule has 2 amide bonds. The van der Waals surface area contributed by atoms with E-state index in [-0.39, 0.29) is 19.3 Å². The zero-order chi connectivity index (χ0) is 20.7. The van der Waals surface area contributed by atoms with E-state index >= 15 is 0 Å². The largest absolute Gasteiger partial charge is 0.445 e. The Bertz CT molecular complexity index is 722. The average Bonchev–Trinajstić information content (AvgIpc) is 2.76. The van der Waals surface area contributed by atoms with Gasteiger partial charge in [0.2, 0.25) is 0 Å². The number of carbonyl (C=O) groups excluding carboxylic acids is 2. The number of alkyl carbamates (subject to hydrolysis) is 2. The topological polar surface area (TPSA) is 76.7 Å². The molecule has 0 saturated carbocycles. The van der Waals surface area contributed by atoms with Gasteiger partial charge >= 0.3 is 12.2 Å². The maximum atomic E-state index is 11.9. The lowest BCUT2D eigenvalue weighted by Crippen LogP contribution is -2.35. The van der Waals surface area contributed by atoms with Gasteiger partial charge in [0.25, 0.3) is 0 Å². The zero-order valence-corrected chi connectivity index (χ0v) is 16.9. The molecule has 2 N–H and O–H groups in total. The van der Waals surface area contributed by atoms with Gasteiger partial charge in [0.1, 0.15) is 13.2 Å². The number of ether oxygens (including phenoxy) is 2. The second kappa shape index (κ2) is 13.2. The van der Waals surface area contributed by atoms with Gasteiger partial charge in [0.15, 0.2) is 0 Å². The Labute approximate surface area is 172 Å². The van der Waals surface area contributed by atoms with Crippen molar-refractivity contribution in [2.45, 2.75) is 51.9 Å². The Morgan fingerprint density at radius 1 is 0.828 bits per heavy atom. The third-order valence-corrected chi connectivity index (χ3v) is 4.49. The van der Waals surface area contributed by atoms with Crippen molar-refractivity contribution in [2.24, 2.45) is 0 Å². The molecule has 0 radical (unpaired) electrons. The Morgan fingerprint density at radius 2 is 1.38 bits per heavy atom. The highest BCUT2D eigenvalue weighted by Gasteiger charge is 2.11. The fourth-order valence-corrected chi connectivity index (χ4v) is 2.79. The molecule has 2 rings (SSSR count). The van der Waals surface area contributed by atoms with Crippen LogP contribution in [0.3, 0.4) is 0 Å². The molecule has 0 bridgehead atoms. The molecule has 0 aliphatic heterocycles. The monoisotopic (exact) mass is 398 g/mol. The van der Waals surface area contributed by atoms with E-state index in [0.29, 0.717) is 6.54 Å². The highest BCUT2D eigenvalue weighted by molar-refractivity contribution is 5.67. The van der Waals surface area contributed by atoms with Crippen LogP contribution in [0.5, 0.6) is 0 Å². The molecule has 0 aliphatic rings. The molecule has 156 valence electrons. The molecule has 1 atom stereocenters. The standard InChI is InChI=1S/C23H30N2O4/c1-2-21(25-23(27)29-18-20-13-7-4-8-14-20)15-9-10-16-24-22(26)28-17-19-11-5-3-6-12-19/h3-8,11-14,21H,2,9-10,15-18H2,1H3,(H,24,26)(H,25,27)/t21-/m0/s1. The van der Waals surface area contributed by atoms with Crippen LogP contribution in [-0.4, -0.2) is 24.8 Å². The van der Waals surface area contributed by atoms with Gasteiger partial charge in [-0.25, -0.2) is 9.59 Å². The van der Waals surface area contributed by atoms with E-state index in [1.54, 1.807) is 0 Å². The van der Waals surface area contributed by atoms with Gasteiger partial charge in [0, 0.05) is 12.6 Å². The summed E-state index contributed by atoms with van der Waals surface area (Å²) < 4.78 is 10.4. The third kappa shape index (κ3) is 9.65. The molecule has 0 spiro atoms. The number of hydrogen-bond acceptors (Lipinski definition) is 4. The molecule has 0 unspecified atom stereocenters. The number of carbonyl (C=O) groups is 2. The highest BCUT2D eigenvalue weighted by Crippen LogP contribution is 2.06. The average molecular weight is 399 g/mol. The van der Waals surface area contributed by atoms with Crippen molar-refractivity contribution < 1.29 is 19.1 Å². The summed E-state index contributed by atoms with van der Waals surface area (Å²) in [5.41, 5.74) is 1.92. The normalized spacial score (nSPS) is 11.3. The SMILES string of the molecule is CC[C@@H](CCCCNC(=O)OCc1ccccc1)NC(=O)OCc1ccccc1. The molecule has 0 aliphatic carbocycles. The summed E-state index contributed by atoms with van der Waals surface area (Å²) in [5, 5.41) is 5.65. The fraction of sp³-hybridized carbons (Fsp3) is 0.391. The first-order valence-corrected chi connectivity index (χ1v) is 10.1. The quantitative estimate of drug-likeness (QED) is 0.534. The van der Waals surface area contributed by atoms with Crippen LogP contribution in [0.4, 0.5) is 9.59 Å². The fourth-order valence-electron chi connectivity index (χ4n) is 2.79.